The van der Waals surface area contributed by atoms with Crippen LogP contribution in [0, 0.1) is 24.5 Å². The summed E-state index contributed by atoms with van der Waals surface area (Å²) in [6, 6.07) is 3.66. The summed E-state index contributed by atoms with van der Waals surface area (Å²) in [5.41, 5.74) is 7.86. The molecule has 0 aliphatic carbocycles. The van der Waals surface area contributed by atoms with E-state index >= 15 is 0 Å². The summed E-state index contributed by atoms with van der Waals surface area (Å²) in [5.74, 6) is 0.338. The van der Waals surface area contributed by atoms with Crippen molar-refractivity contribution >= 4 is 5.69 Å². The van der Waals surface area contributed by atoms with E-state index in [1.807, 2.05) is 32.9 Å². The fourth-order valence-corrected chi connectivity index (χ4v) is 2.64. The second-order valence-electron chi connectivity index (χ2n) is 5.83. The number of terminal acetylenes is 1. The van der Waals surface area contributed by atoms with Crippen LogP contribution >= 0.6 is 0 Å². The first-order valence-electron chi connectivity index (χ1n) is 10.2. The number of nitrogens with one attached hydrogen (secondary N) is 4. The molecule has 0 bridgehead atoms. The molecule has 1 aromatic carbocycles. The van der Waals surface area contributed by atoms with Crippen LogP contribution in [0.15, 0.2) is 53.3 Å². The van der Waals surface area contributed by atoms with Crippen molar-refractivity contribution in [1.29, 1.82) is 0 Å². The van der Waals surface area contributed by atoms with Gasteiger partial charge < -0.3 is 30.6 Å². The van der Waals surface area contributed by atoms with Gasteiger partial charge in [-0.1, -0.05) is 19.9 Å². The van der Waals surface area contributed by atoms with E-state index in [0.717, 1.165) is 17.0 Å². The zero-order valence-electron chi connectivity index (χ0n) is 19.3. The second-order valence-corrected chi connectivity index (χ2v) is 5.83. The minimum Gasteiger partial charge on any atom is -0.496 e. The van der Waals surface area contributed by atoms with E-state index < -0.39 is 11.6 Å². The first kappa shape index (κ1) is 28.8. The van der Waals surface area contributed by atoms with Gasteiger partial charge in [0.15, 0.2) is 5.88 Å². The van der Waals surface area contributed by atoms with Gasteiger partial charge in [-0.15, -0.1) is 12.8 Å². The Morgan fingerprint density at radius 3 is 2.28 bits per heavy atom. The molecule has 0 fully saturated rings. The van der Waals surface area contributed by atoms with Crippen LogP contribution in [-0.2, 0) is 9.47 Å². The number of aliphatic hydroxyl groups excluding tert-OH is 1. The molecule has 3 rings (SSSR count). The molecule has 1 atom stereocenters. The SMILES string of the molecule is C#C.CC.CCOC1=CC(OC)=C(C2=CC(CO)NN2)CN1.CNc1c(F)cccc1F. The molecular formula is C23H34F2N4O3. The molecular weight excluding hydrogens is 418 g/mol. The third-order valence-electron chi connectivity index (χ3n) is 4.01. The first-order chi connectivity index (χ1) is 15.5. The molecule has 2 heterocycles. The van der Waals surface area contributed by atoms with E-state index in [0.29, 0.717) is 19.0 Å². The monoisotopic (exact) mass is 452 g/mol. The summed E-state index contributed by atoms with van der Waals surface area (Å²) in [5, 5.41) is 14.7. The highest BCUT2D eigenvalue weighted by atomic mass is 19.1. The molecule has 9 heteroatoms. The molecule has 0 amide bonds. The largest absolute Gasteiger partial charge is 0.496 e. The number of hydrogen-bond donors (Lipinski definition) is 5. The Bertz CT molecular complexity index is 787. The predicted octanol–water partition coefficient (Wildman–Crippen LogP) is 3.00. The normalized spacial score (nSPS) is 16.1. The number of para-hydroxylation sites is 1. The number of hydrogen-bond acceptors (Lipinski definition) is 7. The smallest absolute Gasteiger partial charge is 0.190 e. The molecule has 2 aliphatic heterocycles. The molecule has 0 radical (unpaired) electrons. The summed E-state index contributed by atoms with van der Waals surface area (Å²) in [6.07, 6.45) is 11.8. The van der Waals surface area contributed by atoms with Crippen LogP contribution in [0.3, 0.4) is 0 Å². The molecule has 7 nitrogen and oxygen atoms in total. The lowest BCUT2D eigenvalue weighted by Crippen LogP contribution is -2.35. The van der Waals surface area contributed by atoms with Crippen molar-refractivity contribution in [1.82, 2.24) is 16.2 Å². The molecule has 5 N–H and O–H groups in total. The average molecular weight is 453 g/mol. The van der Waals surface area contributed by atoms with E-state index in [1.54, 1.807) is 7.11 Å². The van der Waals surface area contributed by atoms with Crippen LogP contribution in [0.5, 0.6) is 0 Å². The summed E-state index contributed by atoms with van der Waals surface area (Å²) in [7, 11) is 3.11. The molecule has 0 saturated carbocycles. The number of halogens is 2. The minimum absolute atomic E-state index is 0.0551. The van der Waals surface area contributed by atoms with Gasteiger partial charge in [-0.2, -0.15) is 0 Å². The molecule has 32 heavy (non-hydrogen) atoms. The number of methoxy groups -OCH3 is 1. The summed E-state index contributed by atoms with van der Waals surface area (Å²) < 4.78 is 35.9. The number of allylic oxidation sites excluding steroid dienone is 1. The van der Waals surface area contributed by atoms with Gasteiger partial charge in [-0.3, -0.25) is 0 Å². The molecule has 0 spiro atoms. The van der Waals surface area contributed by atoms with Crippen molar-refractivity contribution in [3.63, 3.8) is 0 Å². The Hall–Kier alpha value is -3.22. The predicted molar refractivity (Wildman–Crippen MR) is 124 cm³/mol. The molecule has 2 aliphatic rings. The highest BCUT2D eigenvalue weighted by molar-refractivity contribution is 5.45. The van der Waals surface area contributed by atoms with E-state index in [-0.39, 0.29) is 18.3 Å². The fourth-order valence-electron chi connectivity index (χ4n) is 2.64. The zero-order chi connectivity index (χ0) is 24.5. The Balaban J connectivity index is 0.000000582. The lowest BCUT2D eigenvalue weighted by Gasteiger charge is -2.21. The summed E-state index contributed by atoms with van der Waals surface area (Å²) >= 11 is 0. The molecule has 178 valence electrons. The number of dihydropyridines is 1. The minimum atomic E-state index is -0.567. The quantitative estimate of drug-likeness (QED) is 0.424. The van der Waals surface area contributed by atoms with Gasteiger partial charge in [0.05, 0.1) is 32.1 Å². The number of aliphatic hydroxyl groups is 1. The third-order valence-corrected chi connectivity index (χ3v) is 4.01. The Labute approximate surface area is 189 Å². The number of hydrazine groups is 1. The molecule has 0 aromatic heterocycles. The number of benzene rings is 1. The number of anilines is 1. The van der Waals surface area contributed by atoms with Crippen LogP contribution in [0.1, 0.15) is 20.8 Å². The van der Waals surface area contributed by atoms with Crippen molar-refractivity contribution in [3.05, 3.63) is 64.9 Å². The molecule has 0 saturated heterocycles. The van der Waals surface area contributed by atoms with E-state index in [1.165, 1.54) is 25.2 Å². The number of rotatable bonds is 6. The van der Waals surface area contributed by atoms with Gasteiger partial charge in [-0.05, 0) is 25.1 Å². The van der Waals surface area contributed by atoms with Crippen molar-refractivity contribution in [2.75, 3.05) is 39.2 Å². The van der Waals surface area contributed by atoms with Gasteiger partial charge in [0.2, 0.25) is 0 Å². The lowest BCUT2D eigenvalue weighted by atomic mass is 10.1. The second kappa shape index (κ2) is 16.5. The average Bonchev–Trinajstić information content (AvgIpc) is 3.31. The van der Waals surface area contributed by atoms with E-state index in [2.05, 4.69) is 34.3 Å². The summed E-state index contributed by atoms with van der Waals surface area (Å²) in [4.78, 5) is 0. The maximum Gasteiger partial charge on any atom is 0.190 e. The Morgan fingerprint density at radius 1 is 1.22 bits per heavy atom. The van der Waals surface area contributed by atoms with E-state index in [9.17, 15) is 8.78 Å². The fraction of sp³-hybridized carbons (Fsp3) is 0.391. The van der Waals surface area contributed by atoms with Crippen LogP contribution in [0.4, 0.5) is 14.5 Å². The third kappa shape index (κ3) is 8.49. The van der Waals surface area contributed by atoms with Crippen molar-refractivity contribution < 1.29 is 23.4 Å². The first-order valence-corrected chi connectivity index (χ1v) is 10.2. The van der Waals surface area contributed by atoms with Crippen LogP contribution in [0.25, 0.3) is 0 Å². The maximum atomic E-state index is 12.5. The van der Waals surface area contributed by atoms with Gasteiger partial charge in [0.25, 0.3) is 0 Å². The lowest BCUT2D eigenvalue weighted by molar-refractivity contribution is 0.199. The Morgan fingerprint density at radius 2 is 1.84 bits per heavy atom. The topological polar surface area (TPSA) is 86.8 Å². The van der Waals surface area contributed by atoms with Crippen molar-refractivity contribution in [2.24, 2.45) is 0 Å². The van der Waals surface area contributed by atoms with Gasteiger partial charge >= 0.3 is 0 Å². The zero-order valence-corrected chi connectivity index (χ0v) is 19.3. The van der Waals surface area contributed by atoms with Crippen molar-refractivity contribution in [2.45, 2.75) is 26.8 Å². The van der Waals surface area contributed by atoms with Crippen molar-refractivity contribution in [3.8, 4) is 12.8 Å². The number of ether oxygens (including phenoxy) is 2. The maximum absolute atomic E-state index is 12.5. The van der Waals surface area contributed by atoms with E-state index in [4.69, 9.17) is 14.6 Å². The van der Waals surface area contributed by atoms with Crippen LogP contribution in [0.2, 0.25) is 0 Å². The molecule has 1 unspecified atom stereocenters. The molecule has 1 aromatic rings. The summed E-state index contributed by atoms with van der Waals surface area (Å²) in [6.45, 7) is 7.22. The highest BCUT2D eigenvalue weighted by Gasteiger charge is 2.22. The van der Waals surface area contributed by atoms with Crippen LogP contribution in [-0.4, -0.2) is 45.1 Å². The van der Waals surface area contributed by atoms with Gasteiger partial charge in [-0.25, -0.2) is 14.2 Å². The Kier molecular flexibility index (Phi) is 14.8. The van der Waals surface area contributed by atoms with Crippen LogP contribution < -0.4 is 21.5 Å². The standard InChI is InChI=1S/C12H19N3O3.C7H7F2N.C2H6.C2H2/c1-3-18-12-5-11(17-2)9(6-13-12)10-4-8(7-16)14-15-10;1-10-7-5(8)3-2-4-6(7)9;2*1-2/h4-5,8,13-16H,3,6-7H2,1-2H3;2-4,10H,1H3;1-2H3;1-2H. The van der Waals surface area contributed by atoms with Gasteiger partial charge in [0, 0.05) is 25.2 Å². The highest BCUT2D eigenvalue weighted by Crippen LogP contribution is 2.21. The van der Waals surface area contributed by atoms with Gasteiger partial charge in [0.1, 0.15) is 23.1 Å².